The second kappa shape index (κ2) is 19.6. The van der Waals surface area contributed by atoms with Crippen LogP contribution in [0.15, 0.2) is 54.7 Å². The fourth-order valence-electron chi connectivity index (χ4n) is 10.9. The van der Waals surface area contributed by atoms with E-state index in [1.807, 2.05) is 39.0 Å². The van der Waals surface area contributed by atoms with Crippen molar-refractivity contribution >= 4 is 40.5 Å². The number of rotatable bonds is 10. The standard InChI is InChI=1S/C52H68N8O8/c1-9-58-43-15-14-33-23-39(43)40(47(58)38-12-10-16-54-46(38)31(2)67-8)24-52(5,6)30-68-50(66)41-13-11-17-60(56-41)49(65)42(20-32-18-34(33)22-37(61)19-32)55-44(62)25-51(3,4)29-57(7)48(64)35-21-36-26-53-27-45(63)59(36)28-35/h10,12,14-16,18-19,22-23,31,35-36,41-42,53,56,61H,9,11,13,17,20-21,24-30H2,1-8H3,(H,55,62)/t31-,35-,36+,41-,42-/m0/s1. The molecule has 68 heavy (non-hydrogen) atoms. The maximum atomic E-state index is 14.6. The average molecular weight is 933 g/mol. The van der Waals surface area contributed by atoms with Crippen molar-refractivity contribution in [1.29, 1.82) is 0 Å². The van der Waals surface area contributed by atoms with Crippen molar-refractivity contribution in [2.75, 3.05) is 53.5 Å². The number of hydrazine groups is 1. The molecule has 3 saturated heterocycles. The smallest absolute Gasteiger partial charge is 0.324 e. The van der Waals surface area contributed by atoms with Crippen molar-refractivity contribution in [3.63, 3.8) is 0 Å². The van der Waals surface area contributed by atoms with Crippen molar-refractivity contribution in [2.45, 2.75) is 111 Å². The normalized spacial score (nSPS) is 22.6. The third-order valence-electron chi connectivity index (χ3n) is 14.1. The molecular formula is C52H68N8O8. The van der Waals surface area contributed by atoms with Crippen molar-refractivity contribution in [2.24, 2.45) is 16.7 Å². The van der Waals surface area contributed by atoms with E-state index in [2.05, 4.69) is 59.6 Å². The molecule has 4 aliphatic rings. The minimum absolute atomic E-state index is 0.00157. The first-order chi connectivity index (χ1) is 32.3. The number of hydrogen-bond acceptors (Lipinski definition) is 11. The summed E-state index contributed by atoms with van der Waals surface area (Å²) in [5.41, 5.74) is 9.00. The molecule has 3 fully saturated rings. The summed E-state index contributed by atoms with van der Waals surface area (Å²) < 4.78 is 14.2. The van der Waals surface area contributed by atoms with Gasteiger partial charge in [0.05, 0.1) is 36.6 Å². The topological polar surface area (TPSA) is 188 Å². The highest BCUT2D eigenvalue weighted by molar-refractivity contribution is 5.96. The summed E-state index contributed by atoms with van der Waals surface area (Å²) in [6.07, 6.45) is 3.69. The van der Waals surface area contributed by atoms with E-state index < -0.39 is 34.8 Å². The molecule has 4 aromatic rings. The number of pyridine rings is 1. The molecule has 2 aromatic heterocycles. The molecule has 4 amide bonds. The highest BCUT2D eigenvalue weighted by Gasteiger charge is 2.42. The molecule has 6 heterocycles. The number of carbonyl (C=O) groups is 5. The molecule has 4 N–H and O–H groups in total. The van der Waals surface area contributed by atoms with Crippen LogP contribution in [0.2, 0.25) is 0 Å². The van der Waals surface area contributed by atoms with E-state index in [1.54, 1.807) is 42.3 Å². The van der Waals surface area contributed by atoms with Gasteiger partial charge in [0.1, 0.15) is 17.8 Å². The summed E-state index contributed by atoms with van der Waals surface area (Å²) >= 11 is 0. The lowest BCUT2D eigenvalue weighted by Crippen LogP contribution is -2.60. The number of phenolic OH excluding ortho intramolecular Hbond substituents is 1. The van der Waals surface area contributed by atoms with Crippen LogP contribution in [-0.2, 0) is 52.8 Å². The summed E-state index contributed by atoms with van der Waals surface area (Å²) in [6, 6.07) is 13.7. The number of hydrogen-bond donors (Lipinski definition) is 4. The van der Waals surface area contributed by atoms with Crippen molar-refractivity contribution in [3.8, 4) is 28.1 Å². The fraction of sp³-hybridized carbons (Fsp3) is 0.538. The van der Waals surface area contributed by atoms with Crippen LogP contribution in [0.4, 0.5) is 0 Å². The Morgan fingerprint density at radius 1 is 1.12 bits per heavy atom. The molecule has 16 heteroatoms. The number of ether oxygens (including phenoxy) is 2. The number of aromatic nitrogens is 2. The van der Waals surface area contributed by atoms with E-state index in [9.17, 15) is 29.1 Å². The van der Waals surface area contributed by atoms with E-state index in [1.165, 1.54) is 5.01 Å². The van der Waals surface area contributed by atoms with E-state index in [0.29, 0.717) is 57.4 Å². The van der Waals surface area contributed by atoms with Gasteiger partial charge in [-0.3, -0.25) is 34.0 Å². The molecule has 0 saturated carbocycles. The van der Waals surface area contributed by atoms with Gasteiger partial charge in [0, 0.05) is 93.8 Å². The molecule has 0 aliphatic carbocycles. The van der Waals surface area contributed by atoms with Crippen LogP contribution >= 0.6 is 0 Å². The van der Waals surface area contributed by atoms with Crippen LogP contribution in [0.5, 0.6) is 5.75 Å². The molecular weight excluding hydrogens is 865 g/mol. The zero-order valence-corrected chi connectivity index (χ0v) is 40.8. The first kappa shape index (κ1) is 48.6. The van der Waals surface area contributed by atoms with Gasteiger partial charge < -0.3 is 39.6 Å². The number of cyclic esters (lactones) is 1. The Labute approximate surface area is 399 Å². The number of nitrogens with one attached hydrogen (secondary N) is 3. The van der Waals surface area contributed by atoms with Gasteiger partial charge >= 0.3 is 5.97 Å². The van der Waals surface area contributed by atoms with Gasteiger partial charge in [0.25, 0.3) is 5.91 Å². The number of aromatic hydroxyl groups is 1. The van der Waals surface area contributed by atoms with Crippen LogP contribution in [0, 0.1) is 16.7 Å². The van der Waals surface area contributed by atoms with E-state index in [-0.39, 0.29) is 74.1 Å². The molecule has 4 aliphatic heterocycles. The van der Waals surface area contributed by atoms with Crippen molar-refractivity contribution in [3.05, 3.63) is 71.5 Å². The fourth-order valence-corrected chi connectivity index (χ4v) is 10.9. The maximum absolute atomic E-state index is 14.6. The minimum atomic E-state index is -1.08. The predicted molar refractivity (Wildman–Crippen MR) is 258 cm³/mol. The van der Waals surface area contributed by atoms with Gasteiger partial charge in [0.2, 0.25) is 17.7 Å². The van der Waals surface area contributed by atoms with Gasteiger partial charge in [-0.1, -0.05) is 39.8 Å². The Hall–Kier alpha value is -5.84. The van der Waals surface area contributed by atoms with Crippen LogP contribution in [0.3, 0.4) is 0 Å². The SMILES string of the molecule is CCn1c(-c2cccnc2[C@H](C)OC)c2c3cc(ccc31)-c1cc(O)cc(c1)C[C@H](NC(=O)CC(C)(C)CN(C)C(=O)[C@H]1C[C@@H]3CNCC(=O)N3C1)C(=O)N1CCC[C@H](N1)C(=O)OCC(C)(C)C2. The number of esters is 1. The lowest BCUT2D eigenvalue weighted by Gasteiger charge is -2.36. The van der Waals surface area contributed by atoms with E-state index in [0.717, 1.165) is 44.5 Å². The molecule has 0 spiro atoms. The summed E-state index contributed by atoms with van der Waals surface area (Å²) in [7, 11) is 3.41. The summed E-state index contributed by atoms with van der Waals surface area (Å²) in [4.78, 5) is 77.1. The Bertz CT molecular complexity index is 2590. The quantitative estimate of drug-likeness (QED) is 0.154. The first-order valence-electron chi connectivity index (χ1n) is 24.1. The summed E-state index contributed by atoms with van der Waals surface area (Å²) in [5, 5.41) is 19.9. The molecule has 16 nitrogen and oxygen atoms in total. The highest BCUT2D eigenvalue weighted by atomic mass is 16.5. The number of nitrogens with zero attached hydrogens (tertiary/aromatic N) is 5. The minimum Gasteiger partial charge on any atom is -0.508 e. The highest BCUT2D eigenvalue weighted by Crippen LogP contribution is 2.42. The van der Waals surface area contributed by atoms with Crippen molar-refractivity contribution in [1.82, 2.24) is 40.4 Å². The number of benzene rings is 2. The second-order valence-corrected chi connectivity index (χ2v) is 20.9. The second-order valence-electron chi connectivity index (χ2n) is 20.9. The van der Waals surface area contributed by atoms with E-state index >= 15 is 0 Å². The number of amides is 4. The van der Waals surface area contributed by atoms with Crippen LogP contribution < -0.4 is 16.1 Å². The van der Waals surface area contributed by atoms with Gasteiger partial charge in [-0.15, -0.1) is 0 Å². The Balaban J connectivity index is 1.12. The molecule has 8 rings (SSSR count). The third-order valence-corrected chi connectivity index (χ3v) is 14.1. The number of aryl methyl sites for hydroxylation is 1. The Morgan fingerprint density at radius 2 is 1.91 bits per heavy atom. The van der Waals surface area contributed by atoms with Crippen LogP contribution in [0.25, 0.3) is 33.3 Å². The van der Waals surface area contributed by atoms with Gasteiger partial charge in [-0.25, -0.2) is 5.43 Å². The lowest BCUT2D eigenvalue weighted by atomic mass is 9.84. The van der Waals surface area contributed by atoms with Crippen LogP contribution in [-0.4, -0.2) is 131 Å². The Kier molecular flexibility index (Phi) is 14.0. The molecule has 2 aromatic carbocycles. The molecule has 5 atom stereocenters. The number of phenols is 1. The molecule has 0 unspecified atom stereocenters. The predicted octanol–water partition coefficient (Wildman–Crippen LogP) is 5.15. The van der Waals surface area contributed by atoms with Crippen molar-refractivity contribution < 1.29 is 38.6 Å². The van der Waals surface area contributed by atoms with Gasteiger partial charge in [0.15, 0.2) is 0 Å². The monoisotopic (exact) mass is 933 g/mol. The lowest BCUT2D eigenvalue weighted by molar-refractivity contribution is -0.155. The molecule has 6 bridgehead atoms. The largest absolute Gasteiger partial charge is 0.508 e. The third kappa shape index (κ3) is 10.3. The van der Waals surface area contributed by atoms with Gasteiger partial charge in [-0.05, 0) is 104 Å². The number of carbonyl (C=O) groups excluding carboxylic acids is 5. The summed E-state index contributed by atoms with van der Waals surface area (Å²) in [6.45, 7) is 14.8. The van der Waals surface area contributed by atoms with Gasteiger partial charge in [-0.2, -0.15) is 0 Å². The maximum Gasteiger partial charge on any atom is 0.324 e. The zero-order chi connectivity index (χ0) is 48.7. The number of fused-ring (bicyclic) bond motifs is 7. The number of methoxy groups -OCH3 is 1. The average Bonchev–Trinajstić information content (AvgIpc) is 3.88. The van der Waals surface area contributed by atoms with Crippen LogP contribution in [0.1, 0.15) is 90.2 Å². The van der Waals surface area contributed by atoms with E-state index in [4.69, 9.17) is 14.5 Å². The molecule has 0 radical (unpaired) electrons. The summed E-state index contributed by atoms with van der Waals surface area (Å²) in [5.74, 6) is -1.63. The number of piperazine rings is 1. The first-order valence-corrected chi connectivity index (χ1v) is 24.1. The molecule has 364 valence electrons. The zero-order valence-electron chi connectivity index (χ0n) is 40.8. The Morgan fingerprint density at radius 3 is 2.66 bits per heavy atom.